The van der Waals surface area contributed by atoms with E-state index >= 15 is 0 Å². The molecule has 4 N–H and O–H groups in total. The van der Waals surface area contributed by atoms with Crippen LogP contribution >= 0.6 is 0 Å². The summed E-state index contributed by atoms with van der Waals surface area (Å²) in [5, 5.41) is 21.3. The zero-order valence-corrected chi connectivity index (χ0v) is 13.1. The molecule has 1 fully saturated rings. The maximum atomic E-state index is 12.2. The van der Waals surface area contributed by atoms with Crippen LogP contribution in [0.1, 0.15) is 68.8 Å². The van der Waals surface area contributed by atoms with E-state index in [1.165, 1.54) is 25.7 Å². The lowest BCUT2D eigenvalue weighted by Crippen LogP contribution is -2.29. The molecule has 22 heavy (non-hydrogen) atoms. The van der Waals surface area contributed by atoms with Gasteiger partial charge in [-0.3, -0.25) is 4.79 Å². The van der Waals surface area contributed by atoms with Crippen molar-refractivity contribution in [2.24, 2.45) is 5.92 Å². The number of aliphatic hydroxyl groups excluding tert-OH is 1. The summed E-state index contributed by atoms with van der Waals surface area (Å²) in [6, 6.07) is 7.23. The van der Waals surface area contributed by atoms with E-state index in [-0.39, 0.29) is 11.9 Å². The molecule has 2 unspecified atom stereocenters. The Bertz CT molecular complexity index is 469. The Hall–Kier alpha value is -1.43. The van der Waals surface area contributed by atoms with Gasteiger partial charge >= 0.3 is 0 Å². The molecular weight excluding hydrogens is 280 g/mol. The number of hydroxylamine groups is 1. The summed E-state index contributed by atoms with van der Waals surface area (Å²) in [4.78, 5) is 12.2. The van der Waals surface area contributed by atoms with Crippen molar-refractivity contribution in [1.29, 1.82) is 0 Å². The molecule has 1 aliphatic rings. The monoisotopic (exact) mass is 306 g/mol. The average molecular weight is 306 g/mol. The normalized spacial score (nSPS) is 18.1. The molecule has 0 saturated heterocycles. The van der Waals surface area contributed by atoms with Gasteiger partial charge in [0.1, 0.15) is 0 Å². The molecule has 122 valence electrons. The Morgan fingerprint density at radius 2 is 1.82 bits per heavy atom. The molecule has 1 aromatic carbocycles. The summed E-state index contributed by atoms with van der Waals surface area (Å²) >= 11 is 0. The Morgan fingerprint density at radius 3 is 2.36 bits per heavy atom. The number of rotatable bonds is 7. The van der Waals surface area contributed by atoms with E-state index in [1.807, 2.05) is 19.1 Å². The van der Waals surface area contributed by atoms with Gasteiger partial charge in [0.05, 0.1) is 6.04 Å². The molecule has 1 aliphatic carbocycles. The van der Waals surface area contributed by atoms with Crippen LogP contribution in [0.4, 0.5) is 0 Å². The number of hydrogen-bond donors (Lipinski definition) is 4. The fourth-order valence-corrected chi connectivity index (χ4v) is 3.14. The third kappa shape index (κ3) is 4.53. The summed E-state index contributed by atoms with van der Waals surface area (Å²) in [5.74, 6) is 0.672. The lowest BCUT2D eigenvalue weighted by Gasteiger charge is -2.19. The van der Waals surface area contributed by atoms with Crippen molar-refractivity contribution in [2.75, 3.05) is 0 Å². The third-order valence-corrected chi connectivity index (χ3v) is 4.47. The number of amides is 1. The summed E-state index contributed by atoms with van der Waals surface area (Å²) < 4.78 is 0. The number of aliphatic hydroxyl groups is 1. The van der Waals surface area contributed by atoms with Gasteiger partial charge in [-0.05, 0) is 36.3 Å². The zero-order valence-electron chi connectivity index (χ0n) is 13.1. The van der Waals surface area contributed by atoms with E-state index in [4.69, 9.17) is 5.21 Å². The fraction of sp³-hybridized carbons (Fsp3) is 0.588. The van der Waals surface area contributed by atoms with Crippen molar-refractivity contribution in [2.45, 2.75) is 57.7 Å². The predicted molar refractivity (Wildman–Crippen MR) is 84.1 cm³/mol. The van der Waals surface area contributed by atoms with Crippen LogP contribution in [0, 0.1) is 5.92 Å². The van der Waals surface area contributed by atoms with Gasteiger partial charge in [-0.2, -0.15) is 5.48 Å². The molecule has 0 aliphatic heterocycles. The molecule has 1 aromatic rings. The van der Waals surface area contributed by atoms with Crippen molar-refractivity contribution < 1.29 is 15.1 Å². The van der Waals surface area contributed by atoms with Gasteiger partial charge in [-0.25, -0.2) is 0 Å². The number of benzene rings is 1. The molecule has 1 saturated carbocycles. The van der Waals surface area contributed by atoms with E-state index in [2.05, 4.69) is 5.32 Å². The van der Waals surface area contributed by atoms with Crippen LogP contribution in [0.2, 0.25) is 0 Å². The number of carbonyl (C=O) groups excluding carboxylic acids is 1. The zero-order chi connectivity index (χ0) is 15.9. The molecule has 0 aromatic heterocycles. The van der Waals surface area contributed by atoms with E-state index in [1.54, 1.807) is 17.6 Å². The highest BCUT2D eigenvalue weighted by Gasteiger charge is 2.20. The van der Waals surface area contributed by atoms with Crippen LogP contribution in [0.3, 0.4) is 0 Å². The highest BCUT2D eigenvalue weighted by Crippen LogP contribution is 2.28. The summed E-state index contributed by atoms with van der Waals surface area (Å²) in [5.41, 5.74) is 3.39. The first-order chi connectivity index (χ1) is 10.6. The van der Waals surface area contributed by atoms with E-state index in [9.17, 15) is 9.90 Å². The van der Waals surface area contributed by atoms with Crippen molar-refractivity contribution in [3.63, 3.8) is 0 Å². The van der Waals surface area contributed by atoms with Crippen LogP contribution in [-0.2, 0) is 4.79 Å². The Labute approximate surface area is 131 Å². The second-order valence-electron chi connectivity index (χ2n) is 6.08. The fourth-order valence-electron chi connectivity index (χ4n) is 3.14. The first-order valence-corrected chi connectivity index (χ1v) is 8.11. The van der Waals surface area contributed by atoms with Crippen LogP contribution in [0.15, 0.2) is 24.3 Å². The molecule has 5 heteroatoms. The van der Waals surface area contributed by atoms with Crippen molar-refractivity contribution >= 4 is 5.91 Å². The highest BCUT2D eigenvalue weighted by atomic mass is 16.5. The summed E-state index contributed by atoms with van der Waals surface area (Å²) in [7, 11) is 0. The maximum Gasteiger partial charge on any atom is 0.220 e. The van der Waals surface area contributed by atoms with Crippen molar-refractivity contribution in [3.8, 4) is 0 Å². The lowest BCUT2D eigenvalue weighted by atomic mass is 10.00. The van der Waals surface area contributed by atoms with Gasteiger partial charge in [-0.1, -0.05) is 44.0 Å². The second kappa shape index (κ2) is 8.27. The largest absolute Gasteiger partial charge is 0.372 e. The second-order valence-corrected chi connectivity index (χ2v) is 6.08. The highest BCUT2D eigenvalue weighted by molar-refractivity contribution is 5.76. The van der Waals surface area contributed by atoms with Gasteiger partial charge < -0.3 is 15.6 Å². The summed E-state index contributed by atoms with van der Waals surface area (Å²) in [6.07, 6.45) is 5.19. The maximum absolute atomic E-state index is 12.2. The predicted octanol–water partition coefficient (Wildman–Crippen LogP) is 2.80. The molecule has 2 atom stereocenters. The minimum Gasteiger partial charge on any atom is -0.372 e. The van der Waals surface area contributed by atoms with Crippen LogP contribution in [0.5, 0.6) is 0 Å². The van der Waals surface area contributed by atoms with Gasteiger partial charge in [-0.15, -0.1) is 0 Å². The lowest BCUT2D eigenvalue weighted by molar-refractivity contribution is -0.122. The van der Waals surface area contributed by atoms with Crippen LogP contribution < -0.4 is 10.8 Å². The van der Waals surface area contributed by atoms with Crippen LogP contribution in [0.25, 0.3) is 0 Å². The van der Waals surface area contributed by atoms with Crippen molar-refractivity contribution in [1.82, 2.24) is 10.8 Å². The molecule has 0 radical (unpaired) electrons. The minimum absolute atomic E-state index is 0.0119. The third-order valence-electron chi connectivity index (χ3n) is 4.47. The van der Waals surface area contributed by atoms with Gasteiger partial charge in [0.25, 0.3) is 0 Å². The smallest absolute Gasteiger partial charge is 0.220 e. The number of nitrogens with one attached hydrogen (secondary N) is 2. The topological polar surface area (TPSA) is 81.6 Å². The van der Waals surface area contributed by atoms with Gasteiger partial charge in [0.2, 0.25) is 5.91 Å². The quantitative estimate of drug-likeness (QED) is 0.461. The van der Waals surface area contributed by atoms with E-state index < -0.39 is 6.23 Å². The minimum atomic E-state index is -1.09. The number of carbonyl (C=O) groups is 1. The first kappa shape index (κ1) is 16.9. The molecule has 5 nitrogen and oxygen atoms in total. The van der Waals surface area contributed by atoms with Crippen molar-refractivity contribution in [3.05, 3.63) is 35.4 Å². The molecule has 0 spiro atoms. The molecular formula is C17H26N2O3. The molecule has 2 rings (SSSR count). The van der Waals surface area contributed by atoms with Crippen LogP contribution in [-0.4, -0.2) is 16.2 Å². The molecule has 0 heterocycles. The summed E-state index contributed by atoms with van der Waals surface area (Å²) in [6.45, 7) is 2.04. The SMILES string of the molecule is CCC(NC(=O)CC1CCCC1)c1ccc(C(O)NO)cc1. The van der Waals surface area contributed by atoms with E-state index in [0.717, 1.165) is 12.0 Å². The number of hydrogen-bond acceptors (Lipinski definition) is 4. The van der Waals surface area contributed by atoms with E-state index in [0.29, 0.717) is 17.9 Å². The Morgan fingerprint density at radius 1 is 1.23 bits per heavy atom. The average Bonchev–Trinajstić information content (AvgIpc) is 3.05. The standard InChI is InChI=1S/C17H26N2O3/c1-2-15(18-16(20)11-12-5-3-4-6-12)13-7-9-14(10-8-13)17(21)19-22/h7-10,12,15,17,19,21-22H,2-6,11H2,1H3,(H,18,20). The Kier molecular flexibility index (Phi) is 6.36. The first-order valence-electron chi connectivity index (χ1n) is 8.11. The Balaban J connectivity index is 1.93. The van der Waals surface area contributed by atoms with Gasteiger partial charge in [0.15, 0.2) is 6.23 Å². The molecule has 1 amide bonds. The molecule has 0 bridgehead atoms. The van der Waals surface area contributed by atoms with Gasteiger partial charge in [0, 0.05) is 6.42 Å².